The molecule has 0 radical (unpaired) electrons. The molecule has 0 bridgehead atoms. The van der Waals surface area contributed by atoms with Gasteiger partial charge in [0.2, 0.25) is 0 Å². The van der Waals surface area contributed by atoms with Gasteiger partial charge in [0.25, 0.3) is 5.91 Å². The third-order valence-corrected chi connectivity index (χ3v) is 3.93. The average molecular weight is 340 g/mol. The Morgan fingerprint density at radius 1 is 1.20 bits per heavy atom. The van der Waals surface area contributed by atoms with Gasteiger partial charge >= 0.3 is 5.97 Å². The number of hydrazone groups is 1. The van der Waals surface area contributed by atoms with Crippen LogP contribution in [-0.2, 0) is 9.53 Å². The van der Waals surface area contributed by atoms with Gasteiger partial charge in [-0.2, -0.15) is 5.10 Å². The minimum atomic E-state index is -0.737. The van der Waals surface area contributed by atoms with Crippen LogP contribution in [0.25, 0.3) is 0 Å². The van der Waals surface area contributed by atoms with E-state index < -0.39 is 24.3 Å². The molecule has 1 aliphatic rings. The van der Waals surface area contributed by atoms with Crippen LogP contribution >= 0.6 is 0 Å². The van der Waals surface area contributed by atoms with E-state index in [9.17, 15) is 14.0 Å². The number of aryl methyl sites for hydroxylation is 1. The summed E-state index contributed by atoms with van der Waals surface area (Å²) >= 11 is 0. The van der Waals surface area contributed by atoms with Crippen molar-refractivity contribution >= 4 is 17.6 Å². The van der Waals surface area contributed by atoms with Crippen molar-refractivity contribution in [1.29, 1.82) is 0 Å². The van der Waals surface area contributed by atoms with Gasteiger partial charge in [-0.1, -0.05) is 36.4 Å². The zero-order valence-corrected chi connectivity index (χ0v) is 13.7. The number of benzene rings is 2. The lowest BCUT2D eigenvalue weighted by Crippen LogP contribution is -2.28. The van der Waals surface area contributed by atoms with Gasteiger partial charge < -0.3 is 4.74 Å². The van der Waals surface area contributed by atoms with Crippen LogP contribution in [0.5, 0.6) is 0 Å². The Morgan fingerprint density at radius 3 is 2.68 bits per heavy atom. The molecule has 1 heterocycles. The normalized spacial score (nSPS) is 13.5. The molecule has 0 spiro atoms. The molecule has 0 unspecified atom stereocenters. The van der Waals surface area contributed by atoms with Gasteiger partial charge in [0.1, 0.15) is 5.82 Å². The molecule has 2 aromatic carbocycles. The molecule has 0 saturated heterocycles. The minimum Gasteiger partial charge on any atom is -0.452 e. The van der Waals surface area contributed by atoms with Gasteiger partial charge in [0.15, 0.2) is 6.61 Å². The molecule has 1 aliphatic heterocycles. The van der Waals surface area contributed by atoms with Gasteiger partial charge in [-0.05, 0) is 30.2 Å². The Morgan fingerprint density at radius 2 is 1.96 bits per heavy atom. The fourth-order valence-electron chi connectivity index (χ4n) is 2.48. The van der Waals surface area contributed by atoms with Crippen molar-refractivity contribution < 1.29 is 18.7 Å². The lowest BCUT2D eigenvalue weighted by molar-refractivity contribution is -0.134. The number of hydrogen-bond donors (Lipinski definition) is 0. The second-order valence-electron chi connectivity index (χ2n) is 5.72. The van der Waals surface area contributed by atoms with E-state index >= 15 is 0 Å². The van der Waals surface area contributed by atoms with Crippen molar-refractivity contribution in [2.45, 2.75) is 13.3 Å². The summed E-state index contributed by atoms with van der Waals surface area (Å²) in [5, 5.41) is 5.58. The number of nitrogens with zero attached hydrogens (tertiary/aromatic N) is 2. The Kier molecular flexibility index (Phi) is 4.88. The standard InChI is InChI=1S/C19H17FN2O3/c1-13-7-8-15(11-16(13)20)19(24)25-12-18(23)22-10-9-17(21-22)14-5-3-2-4-6-14/h2-8,11H,9-10,12H2,1H3. The van der Waals surface area contributed by atoms with Crippen LogP contribution in [-0.4, -0.2) is 35.7 Å². The van der Waals surface area contributed by atoms with Crippen molar-refractivity contribution in [2.75, 3.05) is 13.2 Å². The number of carbonyl (C=O) groups is 2. The maximum Gasteiger partial charge on any atom is 0.338 e. The van der Waals surface area contributed by atoms with E-state index in [1.807, 2.05) is 30.3 Å². The second-order valence-corrected chi connectivity index (χ2v) is 5.72. The number of rotatable bonds is 4. The van der Waals surface area contributed by atoms with Crippen LogP contribution in [0.3, 0.4) is 0 Å². The number of hydrogen-bond acceptors (Lipinski definition) is 4. The van der Waals surface area contributed by atoms with Crippen molar-refractivity contribution in [3.8, 4) is 0 Å². The van der Waals surface area contributed by atoms with Crippen molar-refractivity contribution in [2.24, 2.45) is 5.10 Å². The van der Waals surface area contributed by atoms with Crippen LogP contribution in [0.4, 0.5) is 4.39 Å². The van der Waals surface area contributed by atoms with Crippen molar-refractivity contribution in [3.05, 3.63) is 71.0 Å². The molecule has 0 aliphatic carbocycles. The zero-order valence-electron chi connectivity index (χ0n) is 13.7. The molecule has 5 nitrogen and oxygen atoms in total. The predicted octanol–water partition coefficient (Wildman–Crippen LogP) is 2.93. The van der Waals surface area contributed by atoms with Gasteiger partial charge in [-0.3, -0.25) is 4.79 Å². The first kappa shape index (κ1) is 16.8. The molecular formula is C19H17FN2O3. The highest BCUT2D eigenvalue weighted by atomic mass is 19.1. The third-order valence-electron chi connectivity index (χ3n) is 3.93. The Balaban J connectivity index is 1.58. The second kappa shape index (κ2) is 7.25. The number of amides is 1. The topological polar surface area (TPSA) is 59.0 Å². The lowest BCUT2D eigenvalue weighted by Gasteiger charge is -2.11. The summed E-state index contributed by atoms with van der Waals surface area (Å²) in [7, 11) is 0. The first-order valence-electron chi connectivity index (χ1n) is 7.91. The van der Waals surface area contributed by atoms with E-state index in [2.05, 4.69) is 5.10 Å². The van der Waals surface area contributed by atoms with E-state index in [1.54, 1.807) is 6.92 Å². The van der Waals surface area contributed by atoms with Crippen LogP contribution in [0.1, 0.15) is 27.9 Å². The molecule has 128 valence electrons. The summed E-state index contributed by atoms with van der Waals surface area (Å²) in [6.07, 6.45) is 0.646. The average Bonchev–Trinajstić information content (AvgIpc) is 3.12. The molecular weight excluding hydrogens is 323 g/mol. The van der Waals surface area contributed by atoms with Crippen LogP contribution in [0.15, 0.2) is 53.6 Å². The zero-order chi connectivity index (χ0) is 17.8. The first-order chi connectivity index (χ1) is 12.0. The molecule has 3 rings (SSSR count). The maximum absolute atomic E-state index is 13.5. The fourth-order valence-corrected chi connectivity index (χ4v) is 2.48. The van der Waals surface area contributed by atoms with E-state index in [4.69, 9.17) is 4.74 Å². The summed E-state index contributed by atoms with van der Waals surface area (Å²) < 4.78 is 18.5. The van der Waals surface area contributed by atoms with Crippen molar-refractivity contribution in [1.82, 2.24) is 5.01 Å². The molecule has 0 N–H and O–H groups in total. The molecule has 25 heavy (non-hydrogen) atoms. The number of carbonyl (C=O) groups excluding carboxylic acids is 2. The van der Waals surface area contributed by atoms with Crippen LogP contribution < -0.4 is 0 Å². The van der Waals surface area contributed by atoms with E-state index in [-0.39, 0.29) is 5.56 Å². The highest BCUT2D eigenvalue weighted by Crippen LogP contribution is 2.14. The van der Waals surface area contributed by atoms with Gasteiger partial charge in [0.05, 0.1) is 17.8 Å². The summed E-state index contributed by atoms with van der Waals surface area (Å²) in [5.41, 5.74) is 2.30. The number of halogens is 1. The molecule has 0 fully saturated rings. The fraction of sp³-hybridized carbons (Fsp3) is 0.211. The summed E-state index contributed by atoms with van der Waals surface area (Å²) in [5.74, 6) is -1.64. The smallest absolute Gasteiger partial charge is 0.338 e. The maximum atomic E-state index is 13.5. The molecule has 6 heteroatoms. The van der Waals surface area contributed by atoms with Crippen LogP contribution in [0.2, 0.25) is 0 Å². The molecule has 0 saturated carbocycles. The summed E-state index contributed by atoms with van der Waals surface area (Å²) in [6.45, 7) is 1.61. The van der Waals surface area contributed by atoms with E-state index in [0.29, 0.717) is 18.5 Å². The quantitative estimate of drug-likeness (QED) is 0.804. The lowest BCUT2D eigenvalue weighted by atomic mass is 10.1. The SMILES string of the molecule is Cc1ccc(C(=O)OCC(=O)N2CCC(c3ccccc3)=N2)cc1F. The van der Waals surface area contributed by atoms with Gasteiger partial charge in [-0.15, -0.1) is 0 Å². The highest BCUT2D eigenvalue weighted by Gasteiger charge is 2.22. The largest absolute Gasteiger partial charge is 0.452 e. The van der Waals surface area contributed by atoms with Crippen LogP contribution in [0, 0.1) is 12.7 Å². The monoisotopic (exact) mass is 340 g/mol. The molecule has 2 aromatic rings. The van der Waals surface area contributed by atoms with Gasteiger partial charge in [0, 0.05) is 6.42 Å². The predicted molar refractivity (Wildman–Crippen MR) is 90.7 cm³/mol. The summed E-state index contributed by atoms with van der Waals surface area (Å²) in [6, 6.07) is 13.6. The number of esters is 1. The molecule has 0 atom stereocenters. The van der Waals surface area contributed by atoms with E-state index in [0.717, 1.165) is 17.3 Å². The number of ether oxygens (including phenoxy) is 1. The minimum absolute atomic E-state index is 0.0748. The Bertz CT molecular complexity index is 834. The van der Waals surface area contributed by atoms with Gasteiger partial charge in [-0.25, -0.2) is 14.2 Å². The summed E-state index contributed by atoms with van der Waals surface area (Å²) in [4.78, 5) is 24.1. The van der Waals surface area contributed by atoms with Crippen molar-refractivity contribution in [3.63, 3.8) is 0 Å². The molecule has 0 aromatic heterocycles. The first-order valence-corrected chi connectivity index (χ1v) is 7.91. The van der Waals surface area contributed by atoms with E-state index in [1.165, 1.54) is 17.1 Å². The third kappa shape index (κ3) is 3.91. The Labute approximate surface area is 144 Å². The highest BCUT2D eigenvalue weighted by molar-refractivity contribution is 6.02. The Hall–Kier alpha value is -3.02. The molecule has 1 amide bonds.